The highest BCUT2D eigenvalue weighted by atomic mass is 35.5. The van der Waals surface area contributed by atoms with Gasteiger partial charge < -0.3 is 10.1 Å². The summed E-state index contributed by atoms with van der Waals surface area (Å²) in [6.45, 7) is 1.17. The Morgan fingerprint density at radius 1 is 1.17 bits per heavy atom. The van der Waals surface area contributed by atoms with Gasteiger partial charge in [0, 0.05) is 31.0 Å². The number of hydrogen-bond donors (Lipinski definition) is 2. The Balaban J connectivity index is 1.05. The number of hydrogen-bond acceptors (Lipinski definition) is 7. The number of rotatable bonds is 8. The number of ether oxygens (including phenoxy) is 1. The molecular formula is C25H30ClN3O6S. The van der Waals surface area contributed by atoms with Gasteiger partial charge in [-0.1, -0.05) is 23.7 Å². The van der Waals surface area contributed by atoms with Crippen molar-refractivity contribution in [2.45, 2.75) is 75.4 Å². The standard InChI is InChI=1S/C25H30ClN3O6S/c26-20-3-1-2-15-12-29(13-18(15)20)24(32)35-16-8-21(27-11-16)22(30)10-25(9-19(25)14-4-5-14)23(31)28-36(33,34)17-6-7-17/h1-3,14,16-17,19,21,27H,4-13H2,(H,28,31)/t16-,19+,21+,25-/m1/s1. The lowest BCUT2D eigenvalue weighted by Crippen LogP contribution is -2.42. The van der Waals surface area contributed by atoms with Crippen molar-refractivity contribution in [3.05, 3.63) is 34.3 Å². The zero-order valence-electron chi connectivity index (χ0n) is 19.9. The van der Waals surface area contributed by atoms with Crippen LogP contribution >= 0.6 is 11.6 Å². The third-order valence-corrected chi connectivity index (χ3v) is 10.6. The second kappa shape index (κ2) is 8.70. The molecule has 4 atom stereocenters. The summed E-state index contributed by atoms with van der Waals surface area (Å²) in [4.78, 5) is 40.7. The summed E-state index contributed by atoms with van der Waals surface area (Å²) in [5, 5.41) is 3.28. The van der Waals surface area contributed by atoms with E-state index in [1.807, 2.05) is 12.1 Å². The van der Waals surface area contributed by atoms with E-state index in [0.29, 0.717) is 56.3 Å². The van der Waals surface area contributed by atoms with Gasteiger partial charge in [0.25, 0.3) is 0 Å². The Labute approximate surface area is 215 Å². The van der Waals surface area contributed by atoms with Crippen LogP contribution in [0.4, 0.5) is 4.79 Å². The second-order valence-corrected chi connectivity index (χ2v) is 13.4. The number of halogens is 1. The van der Waals surface area contributed by atoms with Crippen molar-refractivity contribution < 1.29 is 27.5 Å². The fourth-order valence-corrected chi connectivity index (χ4v) is 7.53. The molecule has 0 bridgehead atoms. The third-order valence-electron chi connectivity index (χ3n) is 8.40. The van der Waals surface area contributed by atoms with Gasteiger partial charge in [-0.05, 0) is 61.1 Å². The van der Waals surface area contributed by atoms with Gasteiger partial charge in [-0.15, -0.1) is 0 Å². The second-order valence-electron chi connectivity index (χ2n) is 11.1. The van der Waals surface area contributed by atoms with E-state index in [1.54, 1.807) is 11.0 Å². The summed E-state index contributed by atoms with van der Waals surface area (Å²) in [6.07, 6.45) is 3.19. The van der Waals surface area contributed by atoms with Gasteiger partial charge in [0.15, 0.2) is 5.78 Å². The van der Waals surface area contributed by atoms with Crippen molar-refractivity contribution in [1.29, 1.82) is 0 Å². The lowest BCUT2D eigenvalue weighted by atomic mass is 9.90. The highest BCUT2D eigenvalue weighted by Crippen LogP contribution is 2.65. The van der Waals surface area contributed by atoms with Gasteiger partial charge >= 0.3 is 6.09 Å². The Kier molecular flexibility index (Phi) is 5.84. The normalized spacial score (nSPS) is 31.1. The Bertz CT molecular complexity index is 1230. The quantitative estimate of drug-likeness (QED) is 0.524. The SMILES string of the molecule is O=C(C[C@]1(C(=O)NS(=O)(=O)C2CC2)C[C@H]1C1CC1)[C@@H]1C[C@@H](OC(=O)N2Cc3cccc(Cl)c3C2)CN1. The number of benzene rings is 1. The summed E-state index contributed by atoms with van der Waals surface area (Å²) in [5.41, 5.74) is 0.992. The van der Waals surface area contributed by atoms with Gasteiger partial charge in [-0.2, -0.15) is 0 Å². The van der Waals surface area contributed by atoms with Crippen LogP contribution in [-0.2, 0) is 37.4 Å². The van der Waals surface area contributed by atoms with Crippen LogP contribution in [0, 0.1) is 17.3 Å². The summed E-state index contributed by atoms with van der Waals surface area (Å²) in [5.74, 6) is -0.186. The highest BCUT2D eigenvalue weighted by molar-refractivity contribution is 7.90. The monoisotopic (exact) mass is 535 g/mol. The molecule has 3 saturated carbocycles. The summed E-state index contributed by atoms with van der Waals surface area (Å²) in [7, 11) is -3.66. The predicted molar refractivity (Wildman–Crippen MR) is 130 cm³/mol. The highest BCUT2D eigenvalue weighted by Gasteiger charge is 2.66. The molecule has 2 aliphatic heterocycles. The summed E-state index contributed by atoms with van der Waals surface area (Å²) < 4.78 is 32.7. The van der Waals surface area contributed by atoms with Crippen LogP contribution in [0.3, 0.4) is 0 Å². The topological polar surface area (TPSA) is 122 Å². The average Bonchev–Trinajstić information content (AvgIpc) is 3.73. The average molecular weight is 536 g/mol. The van der Waals surface area contributed by atoms with Gasteiger partial charge in [-0.3, -0.25) is 19.2 Å². The number of nitrogens with zero attached hydrogens (tertiary/aromatic N) is 1. The molecule has 2 N–H and O–H groups in total. The maximum atomic E-state index is 13.2. The molecule has 0 radical (unpaired) electrons. The molecule has 0 spiro atoms. The first-order chi connectivity index (χ1) is 17.2. The molecule has 0 unspecified atom stereocenters. The van der Waals surface area contributed by atoms with E-state index in [-0.39, 0.29) is 18.1 Å². The third kappa shape index (κ3) is 4.52. The van der Waals surface area contributed by atoms with Crippen LogP contribution in [-0.4, -0.2) is 55.0 Å². The molecule has 11 heteroatoms. The zero-order valence-corrected chi connectivity index (χ0v) is 21.4. The lowest BCUT2D eigenvalue weighted by Gasteiger charge is -2.20. The van der Waals surface area contributed by atoms with Crippen LogP contribution in [0.2, 0.25) is 5.02 Å². The van der Waals surface area contributed by atoms with Crippen LogP contribution in [0.5, 0.6) is 0 Å². The first kappa shape index (κ1) is 24.2. The van der Waals surface area contributed by atoms with E-state index < -0.39 is 44.8 Å². The van der Waals surface area contributed by atoms with E-state index in [9.17, 15) is 22.8 Å². The van der Waals surface area contributed by atoms with Crippen LogP contribution in [0.25, 0.3) is 0 Å². The van der Waals surface area contributed by atoms with E-state index in [1.165, 1.54) is 0 Å². The molecular weight excluding hydrogens is 506 g/mol. The van der Waals surface area contributed by atoms with Crippen LogP contribution in [0.1, 0.15) is 56.1 Å². The van der Waals surface area contributed by atoms with Gasteiger partial charge in [0.05, 0.1) is 23.3 Å². The first-order valence-corrected chi connectivity index (χ1v) is 14.6. The van der Waals surface area contributed by atoms with E-state index >= 15 is 0 Å². The number of fused-ring (bicyclic) bond motifs is 1. The molecule has 4 fully saturated rings. The van der Waals surface area contributed by atoms with Crippen molar-refractivity contribution in [3.63, 3.8) is 0 Å². The minimum atomic E-state index is -3.66. The molecule has 36 heavy (non-hydrogen) atoms. The molecule has 194 valence electrons. The maximum Gasteiger partial charge on any atom is 0.410 e. The number of amides is 2. The number of ketones is 1. The fraction of sp³-hybridized carbons (Fsp3) is 0.640. The lowest BCUT2D eigenvalue weighted by molar-refractivity contribution is -0.131. The number of sulfonamides is 1. The van der Waals surface area contributed by atoms with Crippen molar-refractivity contribution >= 4 is 39.4 Å². The van der Waals surface area contributed by atoms with E-state index in [4.69, 9.17) is 16.3 Å². The van der Waals surface area contributed by atoms with Crippen molar-refractivity contribution in [1.82, 2.24) is 14.9 Å². The van der Waals surface area contributed by atoms with Crippen molar-refractivity contribution in [2.24, 2.45) is 17.3 Å². The molecule has 1 aromatic rings. The molecule has 0 aromatic heterocycles. The molecule has 6 rings (SSSR count). The van der Waals surface area contributed by atoms with Crippen LogP contribution < -0.4 is 10.0 Å². The van der Waals surface area contributed by atoms with Crippen LogP contribution in [0.15, 0.2) is 18.2 Å². The minimum absolute atomic E-state index is 0.0124. The molecule has 9 nitrogen and oxygen atoms in total. The van der Waals surface area contributed by atoms with E-state index in [2.05, 4.69) is 10.0 Å². The smallest absolute Gasteiger partial charge is 0.410 e. The predicted octanol–water partition coefficient (Wildman–Crippen LogP) is 2.51. The minimum Gasteiger partial charge on any atom is -0.445 e. The zero-order chi connectivity index (χ0) is 25.2. The Hall–Kier alpha value is -2.17. The molecule has 5 aliphatic rings. The number of Topliss-reactive ketones (excluding diaryl/α,β-unsaturated/α-hetero) is 1. The number of carbonyl (C=O) groups excluding carboxylic acids is 3. The molecule has 3 aliphatic carbocycles. The molecule has 1 aromatic carbocycles. The van der Waals surface area contributed by atoms with Crippen molar-refractivity contribution in [3.8, 4) is 0 Å². The van der Waals surface area contributed by atoms with Gasteiger partial charge in [-0.25, -0.2) is 13.2 Å². The van der Waals surface area contributed by atoms with Crippen molar-refractivity contribution in [2.75, 3.05) is 6.54 Å². The maximum absolute atomic E-state index is 13.2. The molecule has 1 saturated heterocycles. The Morgan fingerprint density at radius 2 is 1.94 bits per heavy atom. The molecule has 2 amide bonds. The largest absolute Gasteiger partial charge is 0.445 e. The summed E-state index contributed by atoms with van der Waals surface area (Å²) in [6, 6.07) is 5.07. The number of nitrogens with one attached hydrogen (secondary N) is 2. The van der Waals surface area contributed by atoms with Gasteiger partial charge in [0.2, 0.25) is 15.9 Å². The Morgan fingerprint density at radius 3 is 2.64 bits per heavy atom. The number of carbonyl (C=O) groups is 3. The van der Waals surface area contributed by atoms with Gasteiger partial charge in [0.1, 0.15) is 6.10 Å². The summed E-state index contributed by atoms with van der Waals surface area (Å²) >= 11 is 6.24. The first-order valence-electron chi connectivity index (χ1n) is 12.7. The van der Waals surface area contributed by atoms with E-state index in [0.717, 1.165) is 24.0 Å². The fourth-order valence-electron chi connectivity index (χ4n) is 5.89. The molecule has 2 heterocycles.